The van der Waals surface area contributed by atoms with Crippen LogP contribution in [0.15, 0.2) is 42.7 Å². The van der Waals surface area contributed by atoms with Crippen LogP contribution in [0.3, 0.4) is 0 Å². The molecule has 1 heterocycles. The standard InChI is InChI=1S/C11H7Cl2NO/c12-8-3-4-10(9(7-8)11(13)15)14-5-1-2-6-14/h1-7H. The number of carbonyl (C=O) groups excluding carboxylic acids is 1. The molecule has 0 aliphatic heterocycles. The summed E-state index contributed by atoms with van der Waals surface area (Å²) in [7, 11) is 0. The van der Waals surface area contributed by atoms with Gasteiger partial charge in [0.05, 0.1) is 11.3 Å². The van der Waals surface area contributed by atoms with E-state index < -0.39 is 5.24 Å². The van der Waals surface area contributed by atoms with Crippen LogP contribution in [-0.4, -0.2) is 9.81 Å². The first-order chi connectivity index (χ1) is 7.18. The maximum Gasteiger partial charge on any atom is 0.254 e. The number of nitrogens with zero attached hydrogens (tertiary/aromatic N) is 1. The van der Waals surface area contributed by atoms with E-state index in [1.807, 2.05) is 29.1 Å². The fourth-order valence-electron chi connectivity index (χ4n) is 1.39. The third-order valence-corrected chi connectivity index (χ3v) is 2.49. The molecule has 0 fully saturated rings. The molecule has 0 N–H and O–H groups in total. The number of benzene rings is 1. The topological polar surface area (TPSA) is 22.0 Å². The number of hydrogen-bond donors (Lipinski definition) is 0. The van der Waals surface area contributed by atoms with Crippen LogP contribution in [0.2, 0.25) is 5.02 Å². The van der Waals surface area contributed by atoms with E-state index in [-0.39, 0.29) is 0 Å². The zero-order chi connectivity index (χ0) is 10.8. The van der Waals surface area contributed by atoms with Gasteiger partial charge < -0.3 is 4.57 Å². The van der Waals surface area contributed by atoms with Crippen molar-refractivity contribution in [2.45, 2.75) is 0 Å². The lowest BCUT2D eigenvalue weighted by Crippen LogP contribution is -1.99. The second-order valence-corrected chi connectivity index (χ2v) is 3.81. The fourth-order valence-corrected chi connectivity index (χ4v) is 1.71. The highest BCUT2D eigenvalue weighted by Crippen LogP contribution is 2.21. The summed E-state index contributed by atoms with van der Waals surface area (Å²) in [5.74, 6) is 0. The van der Waals surface area contributed by atoms with E-state index in [1.54, 1.807) is 18.2 Å². The molecule has 2 rings (SSSR count). The lowest BCUT2D eigenvalue weighted by Gasteiger charge is -2.07. The molecule has 0 bridgehead atoms. The SMILES string of the molecule is O=C(Cl)c1cc(Cl)ccc1-n1cccc1. The summed E-state index contributed by atoms with van der Waals surface area (Å²) in [5, 5.41) is -0.0175. The van der Waals surface area contributed by atoms with Crippen molar-refractivity contribution in [3.63, 3.8) is 0 Å². The van der Waals surface area contributed by atoms with Gasteiger partial charge in [0.1, 0.15) is 0 Å². The van der Waals surface area contributed by atoms with Gasteiger partial charge in [-0.25, -0.2) is 0 Å². The average molecular weight is 240 g/mol. The second-order valence-electron chi connectivity index (χ2n) is 3.03. The Morgan fingerprint density at radius 2 is 1.87 bits per heavy atom. The molecule has 0 aliphatic carbocycles. The van der Waals surface area contributed by atoms with Crippen molar-refractivity contribution in [2.75, 3.05) is 0 Å². The van der Waals surface area contributed by atoms with Crippen LogP contribution in [0.4, 0.5) is 0 Å². The molecule has 2 aromatic rings. The minimum Gasteiger partial charge on any atom is -0.323 e. The molecule has 0 atom stereocenters. The highest BCUT2D eigenvalue weighted by atomic mass is 35.5. The maximum absolute atomic E-state index is 11.2. The normalized spacial score (nSPS) is 10.3. The van der Waals surface area contributed by atoms with E-state index in [0.29, 0.717) is 10.6 Å². The van der Waals surface area contributed by atoms with Crippen LogP contribution in [0.5, 0.6) is 0 Å². The van der Waals surface area contributed by atoms with Gasteiger partial charge in [-0.3, -0.25) is 4.79 Å². The lowest BCUT2D eigenvalue weighted by atomic mass is 10.2. The molecule has 0 unspecified atom stereocenters. The summed E-state index contributed by atoms with van der Waals surface area (Å²) >= 11 is 11.3. The van der Waals surface area contributed by atoms with Crippen molar-refractivity contribution in [1.29, 1.82) is 0 Å². The number of carbonyl (C=O) groups is 1. The van der Waals surface area contributed by atoms with Gasteiger partial charge in [0, 0.05) is 17.4 Å². The molecule has 0 saturated carbocycles. The summed E-state index contributed by atoms with van der Waals surface area (Å²) in [4.78, 5) is 11.2. The molecule has 76 valence electrons. The Kier molecular flexibility index (Phi) is 2.80. The Hall–Kier alpha value is -1.25. The van der Waals surface area contributed by atoms with Gasteiger partial charge in [-0.2, -0.15) is 0 Å². The van der Waals surface area contributed by atoms with Gasteiger partial charge in [-0.05, 0) is 41.9 Å². The van der Waals surface area contributed by atoms with E-state index in [1.165, 1.54) is 0 Å². The molecular formula is C11H7Cl2NO. The Balaban J connectivity index is 2.61. The first-order valence-corrected chi connectivity index (χ1v) is 5.07. The Morgan fingerprint density at radius 1 is 1.20 bits per heavy atom. The number of aromatic nitrogens is 1. The summed E-state index contributed by atoms with van der Waals surface area (Å²) < 4.78 is 1.81. The zero-order valence-corrected chi connectivity index (χ0v) is 9.16. The van der Waals surface area contributed by atoms with Crippen LogP contribution < -0.4 is 0 Å². The highest BCUT2D eigenvalue weighted by molar-refractivity contribution is 6.68. The molecule has 1 aromatic heterocycles. The Morgan fingerprint density at radius 3 is 2.47 bits per heavy atom. The third-order valence-electron chi connectivity index (χ3n) is 2.05. The predicted octanol–water partition coefficient (Wildman–Crippen LogP) is 3.51. The molecule has 0 radical (unpaired) electrons. The third kappa shape index (κ3) is 2.06. The summed E-state index contributed by atoms with van der Waals surface area (Å²) in [6, 6.07) is 8.79. The minimum absolute atomic E-state index is 0.403. The van der Waals surface area contributed by atoms with Crippen molar-refractivity contribution in [1.82, 2.24) is 4.57 Å². The van der Waals surface area contributed by atoms with E-state index in [9.17, 15) is 4.79 Å². The van der Waals surface area contributed by atoms with E-state index in [4.69, 9.17) is 23.2 Å². The Bertz CT molecular complexity index is 491. The van der Waals surface area contributed by atoms with Crippen molar-refractivity contribution >= 4 is 28.4 Å². The highest BCUT2D eigenvalue weighted by Gasteiger charge is 2.10. The van der Waals surface area contributed by atoms with E-state index >= 15 is 0 Å². The average Bonchev–Trinajstić information content (AvgIpc) is 2.70. The van der Waals surface area contributed by atoms with Crippen LogP contribution in [0.1, 0.15) is 10.4 Å². The van der Waals surface area contributed by atoms with Gasteiger partial charge in [-0.15, -0.1) is 0 Å². The first kappa shape index (κ1) is 10.3. The summed E-state index contributed by atoms with van der Waals surface area (Å²) in [6.07, 6.45) is 3.68. The molecular weight excluding hydrogens is 233 g/mol. The van der Waals surface area contributed by atoms with Crippen molar-refractivity contribution in [2.24, 2.45) is 0 Å². The monoisotopic (exact) mass is 239 g/mol. The van der Waals surface area contributed by atoms with Crippen molar-refractivity contribution in [3.05, 3.63) is 53.3 Å². The summed E-state index contributed by atoms with van der Waals surface area (Å²) in [5.41, 5.74) is 1.13. The second kappa shape index (κ2) is 4.09. The molecule has 4 heteroatoms. The van der Waals surface area contributed by atoms with Crippen LogP contribution in [-0.2, 0) is 0 Å². The number of halogens is 2. The predicted molar refractivity (Wildman–Crippen MR) is 61.0 cm³/mol. The maximum atomic E-state index is 11.2. The molecule has 1 aromatic carbocycles. The minimum atomic E-state index is -0.513. The Labute approximate surface area is 97.0 Å². The molecule has 0 amide bonds. The van der Waals surface area contributed by atoms with Crippen LogP contribution in [0, 0.1) is 0 Å². The van der Waals surface area contributed by atoms with Gasteiger partial charge in [0.25, 0.3) is 5.24 Å². The molecule has 0 spiro atoms. The smallest absolute Gasteiger partial charge is 0.254 e. The number of hydrogen-bond acceptors (Lipinski definition) is 1. The largest absolute Gasteiger partial charge is 0.323 e. The van der Waals surface area contributed by atoms with Gasteiger partial charge >= 0.3 is 0 Å². The van der Waals surface area contributed by atoms with Gasteiger partial charge in [0.2, 0.25) is 0 Å². The molecule has 2 nitrogen and oxygen atoms in total. The van der Waals surface area contributed by atoms with E-state index in [0.717, 1.165) is 5.69 Å². The van der Waals surface area contributed by atoms with Gasteiger partial charge in [0.15, 0.2) is 0 Å². The van der Waals surface area contributed by atoms with Gasteiger partial charge in [-0.1, -0.05) is 11.6 Å². The summed E-state index contributed by atoms with van der Waals surface area (Å²) in [6.45, 7) is 0. The van der Waals surface area contributed by atoms with Crippen molar-refractivity contribution < 1.29 is 4.79 Å². The zero-order valence-electron chi connectivity index (χ0n) is 7.65. The molecule has 0 aliphatic rings. The molecule has 0 saturated heterocycles. The first-order valence-electron chi connectivity index (χ1n) is 4.31. The number of rotatable bonds is 2. The van der Waals surface area contributed by atoms with Crippen LogP contribution >= 0.6 is 23.2 Å². The quantitative estimate of drug-likeness (QED) is 0.736. The lowest BCUT2D eigenvalue weighted by molar-refractivity contribution is 0.108. The van der Waals surface area contributed by atoms with E-state index in [2.05, 4.69) is 0 Å². The fraction of sp³-hybridized carbons (Fsp3) is 0. The van der Waals surface area contributed by atoms with Crippen LogP contribution in [0.25, 0.3) is 5.69 Å². The molecule has 15 heavy (non-hydrogen) atoms. The van der Waals surface area contributed by atoms with Crippen molar-refractivity contribution in [3.8, 4) is 5.69 Å².